The Bertz CT molecular complexity index is 660. The predicted molar refractivity (Wildman–Crippen MR) is 73.7 cm³/mol. The Morgan fingerprint density at radius 1 is 1.32 bits per heavy atom. The number of hydrogen-bond acceptors (Lipinski definition) is 3. The van der Waals surface area contributed by atoms with Gasteiger partial charge in [-0.1, -0.05) is 12.1 Å². The number of halogens is 2. The molecule has 0 saturated heterocycles. The molecule has 19 heavy (non-hydrogen) atoms. The zero-order valence-electron chi connectivity index (χ0n) is 9.75. The number of rotatable bonds is 3. The second-order valence-corrected chi connectivity index (χ2v) is 4.87. The van der Waals surface area contributed by atoms with E-state index in [4.69, 9.17) is 10.0 Å². The summed E-state index contributed by atoms with van der Waals surface area (Å²) in [5, 5.41) is 17.9. The molecule has 7 heteroatoms. The van der Waals surface area contributed by atoms with Crippen LogP contribution in [0.15, 0.2) is 45.8 Å². The van der Waals surface area contributed by atoms with E-state index in [0.29, 0.717) is 10.0 Å². The fourth-order valence-electron chi connectivity index (χ4n) is 1.67. The van der Waals surface area contributed by atoms with Crippen LogP contribution in [0.4, 0.5) is 4.39 Å². The molecule has 1 aromatic heterocycles. The lowest BCUT2D eigenvalue weighted by atomic mass is 9.81. The second kappa shape index (κ2) is 5.69. The van der Waals surface area contributed by atoms with E-state index in [2.05, 4.69) is 15.9 Å². The minimum absolute atomic E-state index is 0.0753. The Morgan fingerprint density at radius 3 is 2.68 bits per heavy atom. The molecule has 4 nitrogen and oxygen atoms in total. The molecule has 0 bridgehead atoms. The van der Waals surface area contributed by atoms with Crippen molar-refractivity contribution in [3.8, 4) is 0 Å². The van der Waals surface area contributed by atoms with Crippen molar-refractivity contribution in [3.63, 3.8) is 0 Å². The standard InChI is InChI=1S/C12H10BBrFNO3/c14-10-3-1-2-8(12(10)15)7-16-5-4-9(13(18)19)6-11(16)17/h1-6,18-19H,7H2. The predicted octanol–water partition coefficient (Wildman–Crippen LogP) is 0.478. The van der Waals surface area contributed by atoms with Gasteiger partial charge >= 0.3 is 7.12 Å². The summed E-state index contributed by atoms with van der Waals surface area (Å²) in [7, 11) is -1.69. The summed E-state index contributed by atoms with van der Waals surface area (Å²) in [6.45, 7) is 0.0753. The zero-order valence-corrected chi connectivity index (χ0v) is 11.3. The van der Waals surface area contributed by atoms with Crippen LogP contribution in [0, 0.1) is 5.82 Å². The number of pyridine rings is 1. The van der Waals surface area contributed by atoms with E-state index in [1.165, 1.54) is 16.8 Å². The molecule has 0 aliphatic carbocycles. The van der Waals surface area contributed by atoms with Gasteiger partial charge in [-0.05, 0) is 33.5 Å². The molecular formula is C12H10BBrFNO3. The number of aromatic nitrogens is 1. The molecule has 0 fully saturated rings. The molecule has 0 aliphatic heterocycles. The summed E-state index contributed by atoms with van der Waals surface area (Å²) < 4.78 is 15.4. The third-order valence-electron chi connectivity index (χ3n) is 2.69. The lowest BCUT2D eigenvalue weighted by molar-refractivity contribution is 0.425. The third kappa shape index (κ3) is 3.12. The van der Waals surface area contributed by atoms with E-state index in [0.717, 1.165) is 6.07 Å². The van der Waals surface area contributed by atoms with Gasteiger partial charge < -0.3 is 14.6 Å². The van der Waals surface area contributed by atoms with Gasteiger partial charge in [0.2, 0.25) is 5.56 Å². The molecule has 0 saturated carbocycles. The summed E-state index contributed by atoms with van der Waals surface area (Å²) in [6, 6.07) is 7.36. The normalized spacial score (nSPS) is 10.5. The van der Waals surface area contributed by atoms with E-state index in [-0.39, 0.29) is 12.0 Å². The smallest absolute Gasteiger partial charge is 0.423 e. The third-order valence-corrected chi connectivity index (χ3v) is 3.30. The van der Waals surface area contributed by atoms with E-state index < -0.39 is 18.5 Å². The van der Waals surface area contributed by atoms with E-state index in [9.17, 15) is 9.18 Å². The highest BCUT2D eigenvalue weighted by atomic mass is 79.9. The molecule has 0 aliphatic rings. The van der Waals surface area contributed by atoms with Crippen molar-refractivity contribution >= 4 is 28.5 Å². The lowest BCUT2D eigenvalue weighted by Gasteiger charge is -2.08. The summed E-state index contributed by atoms with van der Waals surface area (Å²) in [5.41, 5.74) is 0.0507. The Hall–Kier alpha value is -1.44. The lowest BCUT2D eigenvalue weighted by Crippen LogP contribution is -2.35. The molecule has 0 radical (unpaired) electrons. The highest BCUT2D eigenvalue weighted by molar-refractivity contribution is 9.10. The van der Waals surface area contributed by atoms with Crippen LogP contribution in [0.3, 0.4) is 0 Å². The van der Waals surface area contributed by atoms with Crippen LogP contribution in [-0.4, -0.2) is 21.7 Å². The van der Waals surface area contributed by atoms with Crippen LogP contribution in [0.2, 0.25) is 0 Å². The van der Waals surface area contributed by atoms with Crippen LogP contribution in [0.5, 0.6) is 0 Å². The van der Waals surface area contributed by atoms with Gasteiger partial charge in [-0.2, -0.15) is 0 Å². The first-order valence-corrected chi connectivity index (χ1v) is 6.28. The van der Waals surface area contributed by atoms with Crippen molar-refractivity contribution in [2.75, 3.05) is 0 Å². The van der Waals surface area contributed by atoms with Crippen molar-refractivity contribution in [1.82, 2.24) is 4.57 Å². The maximum atomic E-state index is 13.8. The minimum Gasteiger partial charge on any atom is -0.423 e. The fraction of sp³-hybridized carbons (Fsp3) is 0.0833. The molecule has 0 unspecified atom stereocenters. The first-order valence-electron chi connectivity index (χ1n) is 5.48. The monoisotopic (exact) mass is 325 g/mol. The van der Waals surface area contributed by atoms with Gasteiger partial charge in [0.15, 0.2) is 0 Å². The molecule has 2 rings (SSSR count). The molecule has 0 atom stereocenters. The van der Waals surface area contributed by atoms with Crippen LogP contribution in [0.1, 0.15) is 5.56 Å². The van der Waals surface area contributed by atoms with Crippen molar-refractivity contribution in [2.45, 2.75) is 6.54 Å². The van der Waals surface area contributed by atoms with Crippen LogP contribution in [-0.2, 0) is 6.54 Å². The van der Waals surface area contributed by atoms with Crippen LogP contribution in [0.25, 0.3) is 0 Å². The summed E-state index contributed by atoms with van der Waals surface area (Å²) >= 11 is 3.08. The van der Waals surface area contributed by atoms with Crippen molar-refractivity contribution in [2.24, 2.45) is 0 Å². The van der Waals surface area contributed by atoms with Gasteiger partial charge in [0.1, 0.15) is 5.82 Å². The minimum atomic E-state index is -1.69. The quantitative estimate of drug-likeness (QED) is 0.807. The van der Waals surface area contributed by atoms with Crippen molar-refractivity contribution in [3.05, 3.63) is 62.7 Å². The second-order valence-electron chi connectivity index (χ2n) is 4.01. The number of hydrogen-bond donors (Lipinski definition) is 2. The molecular weight excluding hydrogens is 316 g/mol. The maximum Gasteiger partial charge on any atom is 0.488 e. The summed E-state index contributed by atoms with van der Waals surface area (Å²) in [6.07, 6.45) is 1.40. The molecule has 0 amide bonds. The zero-order chi connectivity index (χ0) is 14.0. The average Bonchev–Trinajstić information content (AvgIpc) is 2.37. The number of benzene rings is 1. The first kappa shape index (κ1) is 14.0. The summed E-state index contributed by atoms with van der Waals surface area (Å²) in [4.78, 5) is 11.8. The first-order chi connectivity index (χ1) is 8.99. The van der Waals surface area contributed by atoms with Gasteiger partial charge in [0.25, 0.3) is 0 Å². The largest absolute Gasteiger partial charge is 0.488 e. The Balaban J connectivity index is 2.34. The van der Waals surface area contributed by atoms with Gasteiger partial charge in [-0.15, -0.1) is 0 Å². The van der Waals surface area contributed by atoms with Gasteiger partial charge in [0.05, 0.1) is 11.0 Å². The topological polar surface area (TPSA) is 62.5 Å². The van der Waals surface area contributed by atoms with E-state index in [1.807, 2.05) is 0 Å². The molecule has 0 spiro atoms. The van der Waals surface area contributed by atoms with Crippen molar-refractivity contribution in [1.29, 1.82) is 0 Å². The van der Waals surface area contributed by atoms with Crippen molar-refractivity contribution < 1.29 is 14.4 Å². The summed E-state index contributed by atoms with van der Waals surface area (Å²) in [5.74, 6) is -0.416. The van der Waals surface area contributed by atoms with Gasteiger partial charge in [-0.25, -0.2) is 4.39 Å². The van der Waals surface area contributed by atoms with Crippen LogP contribution >= 0.6 is 15.9 Å². The molecule has 2 aromatic rings. The average molecular weight is 326 g/mol. The molecule has 98 valence electrons. The molecule has 1 heterocycles. The van der Waals surface area contributed by atoms with Gasteiger partial charge in [0, 0.05) is 17.8 Å². The Labute approximate surface area is 117 Å². The molecule has 2 N–H and O–H groups in total. The Kier molecular flexibility index (Phi) is 4.19. The van der Waals surface area contributed by atoms with E-state index in [1.54, 1.807) is 18.2 Å². The SMILES string of the molecule is O=c1cc(B(O)O)ccn1Cc1cccc(Br)c1F. The van der Waals surface area contributed by atoms with Crippen LogP contribution < -0.4 is 11.0 Å². The molecule has 1 aromatic carbocycles. The number of nitrogens with zero attached hydrogens (tertiary/aromatic N) is 1. The van der Waals surface area contributed by atoms with Gasteiger partial charge in [-0.3, -0.25) is 4.79 Å². The van der Waals surface area contributed by atoms with E-state index >= 15 is 0 Å². The highest BCUT2D eigenvalue weighted by Crippen LogP contribution is 2.18. The fourth-order valence-corrected chi connectivity index (χ4v) is 2.08. The maximum absolute atomic E-state index is 13.8. The highest BCUT2D eigenvalue weighted by Gasteiger charge is 2.13. The Morgan fingerprint density at radius 2 is 2.05 bits per heavy atom.